The minimum atomic E-state index is -0.268. The van der Waals surface area contributed by atoms with E-state index >= 15 is 0 Å². The average molecular weight is 312 g/mol. The lowest BCUT2D eigenvalue weighted by Gasteiger charge is -2.07. The number of nitrogens with one attached hydrogen (secondary N) is 2. The summed E-state index contributed by atoms with van der Waals surface area (Å²) in [5.74, 6) is 0.320. The van der Waals surface area contributed by atoms with E-state index in [0.29, 0.717) is 23.6 Å². The van der Waals surface area contributed by atoms with Gasteiger partial charge in [0.25, 0.3) is 0 Å². The molecule has 2 N–H and O–H groups in total. The van der Waals surface area contributed by atoms with E-state index in [2.05, 4.69) is 10.6 Å². The Morgan fingerprint density at radius 3 is 2.61 bits per heavy atom. The molecular formula is C18H20N2O3. The lowest BCUT2D eigenvalue weighted by atomic mass is 10.2. The van der Waals surface area contributed by atoms with E-state index in [1.165, 1.54) is 6.08 Å². The van der Waals surface area contributed by atoms with Gasteiger partial charge in [-0.15, -0.1) is 0 Å². The number of hydrogen-bond donors (Lipinski definition) is 2. The normalized spacial score (nSPS) is 10.7. The van der Waals surface area contributed by atoms with Crippen LogP contribution in [-0.4, -0.2) is 11.8 Å². The molecule has 2 aromatic rings. The number of furan rings is 1. The van der Waals surface area contributed by atoms with Crippen molar-refractivity contribution in [1.82, 2.24) is 0 Å². The number of carbonyl (C=O) groups is 2. The molecule has 0 aliphatic heterocycles. The summed E-state index contributed by atoms with van der Waals surface area (Å²) in [6.45, 7) is 2.04. The molecule has 5 nitrogen and oxygen atoms in total. The number of unbranched alkanes of at least 4 members (excludes halogenated alkanes) is 1. The zero-order chi connectivity index (χ0) is 16.5. The number of hydrogen-bond acceptors (Lipinski definition) is 3. The molecule has 0 saturated carbocycles. The van der Waals surface area contributed by atoms with Crippen molar-refractivity contribution in [2.75, 3.05) is 10.6 Å². The topological polar surface area (TPSA) is 71.3 Å². The highest BCUT2D eigenvalue weighted by atomic mass is 16.3. The summed E-state index contributed by atoms with van der Waals surface area (Å²) in [6.07, 6.45) is 6.86. The first-order valence-corrected chi connectivity index (χ1v) is 7.60. The third-order valence-corrected chi connectivity index (χ3v) is 3.11. The van der Waals surface area contributed by atoms with Crippen LogP contribution in [0.5, 0.6) is 0 Å². The molecule has 0 saturated heterocycles. The molecule has 0 fully saturated rings. The molecule has 0 spiro atoms. The van der Waals surface area contributed by atoms with Gasteiger partial charge in [0.15, 0.2) is 0 Å². The van der Waals surface area contributed by atoms with E-state index in [0.717, 1.165) is 12.8 Å². The van der Waals surface area contributed by atoms with Crippen molar-refractivity contribution < 1.29 is 14.0 Å². The zero-order valence-electron chi connectivity index (χ0n) is 13.0. The molecule has 0 aliphatic rings. The molecule has 0 radical (unpaired) electrons. The van der Waals surface area contributed by atoms with Crippen molar-refractivity contribution >= 4 is 29.3 Å². The predicted molar refractivity (Wildman–Crippen MR) is 91.0 cm³/mol. The summed E-state index contributed by atoms with van der Waals surface area (Å²) in [6, 6.07) is 10.6. The van der Waals surface area contributed by atoms with Gasteiger partial charge >= 0.3 is 0 Å². The first kappa shape index (κ1) is 16.5. The molecule has 0 atom stereocenters. The van der Waals surface area contributed by atoms with Gasteiger partial charge in [-0.1, -0.05) is 19.4 Å². The van der Waals surface area contributed by atoms with Gasteiger partial charge in [-0.2, -0.15) is 0 Å². The summed E-state index contributed by atoms with van der Waals surface area (Å²) in [5.41, 5.74) is 1.28. The quantitative estimate of drug-likeness (QED) is 0.757. The number of rotatable bonds is 7. The largest absolute Gasteiger partial charge is 0.465 e. The highest BCUT2D eigenvalue weighted by Crippen LogP contribution is 2.16. The Bertz CT molecular complexity index is 675. The van der Waals surface area contributed by atoms with Gasteiger partial charge < -0.3 is 15.1 Å². The van der Waals surface area contributed by atoms with Crippen LogP contribution in [0.15, 0.2) is 53.2 Å². The van der Waals surface area contributed by atoms with Crippen LogP contribution in [-0.2, 0) is 9.59 Å². The van der Waals surface area contributed by atoms with Crippen LogP contribution in [0.1, 0.15) is 31.9 Å². The van der Waals surface area contributed by atoms with Crippen molar-refractivity contribution in [2.24, 2.45) is 0 Å². The molecule has 5 heteroatoms. The maximum atomic E-state index is 11.9. The fraction of sp³-hybridized carbons (Fsp3) is 0.222. The molecule has 23 heavy (non-hydrogen) atoms. The fourth-order valence-corrected chi connectivity index (χ4v) is 1.96. The Kier molecular flexibility index (Phi) is 6.17. The standard InChI is InChI=1S/C18H20N2O3/c1-2-3-9-17(21)19-14-6-4-7-15(13-14)20-18(22)11-10-16-8-5-12-23-16/h4-8,10-13H,2-3,9H2,1H3,(H,19,21)(H,20,22)/b11-10+. The van der Waals surface area contributed by atoms with Crippen LogP contribution in [0.25, 0.3) is 6.08 Å². The summed E-state index contributed by atoms with van der Waals surface area (Å²) < 4.78 is 5.11. The summed E-state index contributed by atoms with van der Waals surface area (Å²) in [7, 11) is 0. The molecule has 2 rings (SSSR count). The number of anilines is 2. The molecule has 1 aromatic carbocycles. The molecule has 2 amide bonds. The van der Waals surface area contributed by atoms with Crippen LogP contribution in [0.4, 0.5) is 11.4 Å². The van der Waals surface area contributed by atoms with Gasteiger partial charge in [-0.3, -0.25) is 9.59 Å². The van der Waals surface area contributed by atoms with Crippen LogP contribution < -0.4 is 10.6 Å². The van der Waals surface area contributed by atoms with Gasteiger partial charge in [0, 0.05) is 23.9 Å². The third kappa shape index (κ3) is 5.82. The monoisotopic (exact) mass is 312 g/mol. The molecule has 120 valence electrons. The predicted octanol–water partition coefficient (Wildman–Crippen LogP) is 4.06. The highest BCUT2D eigenvalue weighted by molar-refractivity contribution is 6.02. The van der Waals surface area contributed by atoms with Crippen LogP contribution in [0.3, 0.4) is 0 Å². The second-order valence-electron chi connectivity index (χ2n) is 5.07. The van der Waals surface area contributed by atoms with E-state index < -0.39 is 0 Å². The Morgan fingerprint density at radius 2 is 1.91 bits per heavy atom. The second-order valence-corrected chi connectivity index (χ2v) is 5.07. The van der Waals surface area contributed by atoms with Crippen LogP contribution in [0, 0.1) is 0 Å². The van der Waals surface area contributed by atoms with E-state index in [9.17, 15) is 9.59 Å². The van der Waals surface area contributed by atoms with Crippen molar-refractivity contribution in [3.05, 3.63) is 54.5 Å². The van der Waals surface area contributed by atoms with Crippen molar-refractivity contribution in [2.45, 2.75) is 26.2 Å². The summed E-state index contributed by atoms with van der Waals surface area (Å²) in [5, 5.41) is 5.56. The van der Waals surface area contributed by atoms with Crippen LogP contribution in [0.2, 0.25) is 0 Å². The second kappa shape index (κ2) is 8.58. The Morgan fingerprint density at radius 1 is 1.13 bits per heavy atom. The van der Waals surface area contributed by atoms with Crippen LogP contribution >= 0.6 is 0 Å². The minimum Gasteiger partial charge on any atom is -0.465 e. The smallest absolute Gasteiger partial charge is 0.248 e. The highest BCUT2D eigenvalue weighted by Gasteiger charge is 2.03. The molecule has 1 aromatic heterocycles. The fourth-order valence-electron chi connectivity index (χ4n) is 1.96. The Hall–Kier alpha value is -2.82. The molecule has 0 aliphatic carbocycles. The maximum absolute atomic E-state index is 11.9. The molecule has 1 heterocycles. The first-order chi connectivity index (χ1) is 11.2. The van der Waals surface area contributed by atoms with Gasteiger partial charge in [-0.05, 0) is 42.8 Å². The van der Waals surface area contributed by atoms with Crippen molar-refractivity contribution in [3.8, 4) is 0 Å². The van der Waals surface area contributed by atoms with E-state index in [-0.39, 0.29) is 11.8 Å². The van der Waals surface area contributed by atoms with Gasteiger partial charge in [0.05, 0.1) is 6.26 Å². The zero-order valence-corrected chi connectivity index (χ0v) is 13.0. The molecule has 0 unspecified atom stereocenters. The number of benzene rings is 1. The summed E-state index contributed by atoms with van der Waals surface area (Å²) >= 11 is 0. The van der Waals surface area contributed by atoms with Crippen molar-refractivity contribution in [1.29, 1.82) is 0 Å². The maximum Gasteiger partial charge on any atom is 0.248 e. The van der Waals surface area contributed by atoms with Crippen molar-refractivity contribution in [3.63, 3.8) is 0 Å². The lowest BCUT2D eigenvalue weighted by Crippen LogP contribution is -2.12. The Balaban J connectivity index is 1.91. The third-order valence-electron chi connectivity index (χ3n) is 3.11. The van der Waals surface area contributed by atoms with E-state index in [1.54, 1.807) is 48.7 Å². The average Bonchev–Trinajstić information content (AvgIpc) is 3.05. The first-order valence-electron chi connectivity index (χ1n) is 7.60. The lowest BCUT2D eigenvalue weighted by molar-refractivity contribution is -0.116. The SMILES string of the molecule is CCCCC(=O)Nc1cccc(NC(=O)/C=C/c2ccco2)c1. The van der Waals surface area contributed by atoms with Gasteiger partial charge in [-0.25, -0.2) is 0 Å². The number of amides is 2. The van der Waals surface area contributed by atoms with Gasteiger partial charge in [0.2, 0.25) is 11.8 Å². The number of carbonyl (C=O) groups excluding carboxylic acids is 2. The summed E-state index contributed by atoms with van der Waals surface area (Å²) in [4.78, 5) is 23.6. The molecular weight excluding hydrogens is 292 g/mol. The minimum absolute atomic E-state index is 0.0203. The van der Waals surface area contributed by atoms with Gasteiger partial charge in [0.1, 0.15) is 5.76 Å². The van der Waals surface area contributed by atoms with E-state index in [1.807, 2.05) is 6.92 Å². The van der Waals surface area contributed by atoms with E-state index in [4.69, 9.17) is 4.42 Å². The molecule has 0 bridgehead atoms. The Labute approximate surface area is 135 Å².